The van der Waals surface area contributed by atoms with E-state index >= 15 is 0 Å². The van der Waals surface area contributed by atoms with Gasteiger partial charge in [0.15, 0.2) is 17.2 Å². The van der Waals surface area contributed by atoms with Crippen LogP contribution in [0, 0.1) is 0 Å². The summed E-state index contributed by atoms with van der Waals surface area (Å²) >= 11 is 0. The molecule has 3 aromatic heterocycles. The number of phenols is 1. The van der Waals surface area contributed by atoms with E-state index in [1.54, 1.807) is 24.4 Å². The van der Waals surface area contributed by atoms with Gasteiger partial charge >= 0.3 is 0 Å². The molecule has 0 bridgehead atoms. The van der Waals surface area contributed by atoms with Gasteiger partial charge in [-0.25, -0.2) is 9.97 Å². The van der Waals surface area contributed by atoms with Crippen molar-refractivity contribution in [2.24, 2.45) is 5.73 Å². The fourth-order valence-electron chi connectivity index (χ4n) is 2.91. The third kappa shape index (κ3) is 2.85. The van der Waals surface area contributed by atoms with Crippen LogP contribution in [0.1, 0.15) is 27.7 Å². The SMILES string of the molecule is NC(=O)c1nnc2[nH]cc(C(O)c3ccc(O)cc3)c2c1-c1ncccn1. The number of benzene rings is 1. The smallest absolute Gasteiger partial charge is 0.270 e. The second kappa shape index (κ2) is 6.46. The van der Waals surface area contributed by atoms with Crippen LogP contribution in [0.4, 0.5) is 0 Å². The summed E-state index contributed by atoms with van der Waals surface area (Å²) in [5, 5.41) is 28.6. The van der Waals surface area contributed by atoms with E-state index in [2.05, 4.69) is 25.1 Å². The maximum atomic E-state index is 11.9. The zero-order valence-corrected chi connectivity index (χ0v) is 13.9. The predicted octanol–water partition coefficient (Wildman–Crippen LogP) is 1.30. The molecule has 0 saturated heterocycles. The first kappa shape index (κ1) is 16.6. The molecule has 0 aliphatic heterocycles. The summed E-state index contributed by atoms with van der Waals surface area (Å²) in [6.07, 6.45) is 3.59. The normalized spacial score (nSPS) is 12.2. The Morgan fingerprint density at radius 2 is 1.81 bits per heavy atom. The summed E-state index contributed by atoms with van der Waals surface area (Å²) in [6.45, 7) is 0. The highest BCUT2D eigenvalue weighted by molar-refractivity contribution is 6.06. The van der Waals surface area contributed by atoms with Crippen LogP contribution in [0.15, 0.2) is 48.9 Å². The van der Waals surface area contributed by atoms with Crippen molar-refractivity contribution >= 4 is 16.9 Å². The number of hydrogen-bond donors (Lipinski definition) is 4. The molecule has 5 N–H and O–H groups in total. The summed E-state index contributed by atoms with van der Waals surface area (Å²) < 4.78 is 0. The van der Waals surface area contributed by atoms with E-state index in [0.29, 0.717) is 27.7 Å². The summed E-state index contributed by atoms with van der Waals surface area (Å²) in [4.78, 5) is 23.2. The largest absolute Gasteiger partial charge is 0.508 e. The number of aliphatic hydroxyl groups excluding tert-OH is 1. The molecule has 1 aromatic carbocycles. The number of aromatic hydroxyl groups is 1. The fraction of sp³-hybridized carbons (Fsp3) is 0.0556. The molecule has 134 valence electrons. The molecule has 1 amide bonds. The first-order chi connectivity index (χ1) is 13.1. The molecule has 0 spiro atoms. The number of aromatic nitrogens is 5. The van der Waals surface area contributed by atoms with Gasteiger partial charge in [0.25, 0.3) is 5.91 Å². The number of nitrogens with zero attached hydrogens (tertiary/aromatic N) is 4. The van der Waals surface area contributed by atoms with Gasteiger partial charge in [0.2, 0.25) is 0 Å². The zero-order chi connectivity index (χ0) is 19.0. The molecule has 4 rings (SSSR count). The Bertz CT molecular complexity index is 1130. The number of carbonyl (C=O) groups excluding carboxylic acids is 1. The minimum atomic E-state index is -1.05. The van der Waals surface area contributed by atoms with Gasteiger partial charge in [0, 0.05) is 29.5 Å². The lowest BCUT2D eigenvalue weighted by Crippen LogP contribution is -2.16. The van der Waals surface area contributed by atoms with Gasteiger partial charge in [-0.2, -0.15) is 0 Å². The van der Waals surface area contributed by atoms with Gasteiger partial charge in [-0.05, 0) is 23.8 Å². The molecular formula is C18H14N6O3. The molecule has 1 atom stereocenters. The summed E-state index contributed by atoms with van der Waals surface area (Å²) in [6, 6.07) is 7.79. The van der Waals surface area contributed by atoms with Crippen LogP contribution in [0.25, 0.3) is 22.4 Å². The number of aromatic amines is 1. The number of fused-ring (bicyclic) bond motifs is 1. The molecule has 0 aliphatic carbocycles. The second-order valence-corrected chi connectivity index (χ2v) is 5.82. The van der Waals surface area contributed by atoms with E-state index in [0.717, 1.165) is 0 Å². The first-order valence-electron chi connectivity index (χ1n) is 7.98. The number of primary amides is 1. The minimum Gasteiger partial charge on any atom is -0.508 e. The number of phenolic OH excluding ortho intramolecular Hbond substituents is 1. The molecule has 4 aromatic rings. The quantitative estimate of drug-likeness (QED) is 0.427. The van der Waals surface area contributed by atoms with Crippen LogP contribution < -0.4 is 5.73 Å². The van der Waals surface area contributed by atoms with Crippen molar-refractivity contribution in [3.63, 3.8) is 0 Å². The molecule has 9 heteroatoms. The third-order valence-corrected chi connectivity index (χ3v) is 4.15. The van der Waals surface area contributed by atoms with Crippen molar-refractivity contribution < 1.29 is 15.0 Å². The monoisotopic (exact) mass is 362 g/mol. The summed E-state index contributed by atoms with van der Waals surface area (Å²) in [7, 11) is 0. The van der Waals surface area contributed by atoms with E-state index in [9.17, 15) is 15.0 Å². The number of H-pyrrole nitrogens is 1. The van der Waals surface area contributed by atoms with E-state index in [1.807, 2.05) is 0 Å². The van der Waals surface area contributed by atoms with Crippen LogP contribution in [0.2, 0.25) is 0 Å². The molecule has 0 saturated carbocycles. The van der Waals surface area contributed by atoms with Crippen LogP contribution in [-0.4, -0.2) is 41.3 Å². The van der Waals surface area contributed by atoms with Crippen molar-refractivity contribution in [1.29, 1.82) is 0 Å². The van der Waals surface area contributed by atoms with E-state index in [4.69, 9.17) is 5.73 Å². The van der Waals surface area contributed by atoms with Crippen molar-refractivity contribution in [2.45, 2.75) is 6.10 Å². The van der Waals surface area contributed by atoms with Crippen molar-refractivity contribution in [3.8, 4) is 17.1 Å². The molecule has 1 unspecified atom stereocenters. The van der Waals surface area contributed by atoms with Gasteiger partial charge < -0.3 is 20.9 Å². The maximum Gasteiger partial charge on any atom is 0.270 e. The lowest BCUT2D eigenvalue weighted by molar-refractivity contribution is 0.0995. The number of amides is 1. The highest BCUT2D eigenvalue weighted by atomic mass is 16.3. The number of hydrogen-bond acceptors (Lipinski definition) is 7. The highest BCUT2D eigenvalue weighted by Crippen LogP contribution is 2.35. The Hall–Kier alpha value is -3.85. The Kier molecular flexibility index (Phi) is 3.98. The zero-order valence-electron chi connectivity index (χ0n) is 13.9. The average Bonchev–Trinajstić information content (AvgIpc) is 3.12. The molecule has 0 aliphatic rings. The van der Waals surface area contributed by atoms with E-state index in [1.165, 1.54) is 24.5 Å². The molecular weight excluding hydrogens is 348 g/mol. The summed E-state index contributed by atoms with van der Waals surface area (Å²) in [5.74, 6) is -0.451. The first-order valence-corrected chi connectivity index (χ1v) is 7.98. The lowest BCUT2D eigenvalue weighted by atomic mass is 9.98. The Labute approximate surface area is 152 Å². The van der Waals surface area contributed by atoms with Crippen molar-refractivity contribution in [3.05, 3.63) is 65.7 Å². The topological polar surface area (TPSA) is 151 Å². The number of aliphatic hydroxyl groups is 1. The average molecular weight is 362 g/mol. The molecule has 3 heterocycles. The molecule has 0 fully saturated rings. The van der Waals surface area contributed by atoms with Gasteiger partial charge in [0.1, 0.15) is 11.9 Å². The highest BCUT2D eigenvalue weighted by Gasteiger charge is 2.25. The number of carbonyl (C=O) groups is 1. The lowest BCUT2D eigenvalue weighted by Gasteiger charge is -2.13. The standard InChI is InChI=1S/C18H14N6O3/c19-16(27)14-13(17-20-6-1-7-21-17)12-11(8-22-18(12)24-23-14)15(26)9-2-4-10(25)5-3-9/h1-8,15,25-26H,(H2,19,27)(H,22,24). The van der Waals surface area contributed by atoms with Crippen molar-refractivity contribution in [1.82, 2.24) is 25.1 Å². The third-order valence-electron chi connectivity index (χ3n) is 4.15. The van der Waals surface area contributed by atoms with Crippen LogP contribution in [0.3, 0.4) is 0 Å². The minimum absolute atomic E-state index is 0.0881. The van der Waals surface area contributed by atoms with Gasteiger partial charge in [-0.1, -0.05) is 12.1 Å². The number of nitrogens with one attached hydrogen (secondary N) is 1. The number of nitrogens with two attached hydrogens (primary N) is 1. The second-order valence-electron chi connectivity index (χ2n) is 5.82. The van der Waals surface area contributed by atoms with E-state index in [-0.39, 0.29) is 17.3 Å². The maximum absolute atomic E-state index is 11.9. The van der Waals surface area contributed by atoms with Crippen molar-refractivity contribution in [2.75, 3.05) is 0 Å². The number of rotatable bonds is 4. The van der Waals surface area contributed by atoms with E-state index < -0.39 is 12.0 Å². The predicted molar refractivity (Wildman–Crippen MR) is 95.6 cm³/mol. The molecule has 9 nitrogen and oxygen atoms in total. The van der Waals surface area contributed by atoms with Gasteiger partial charge in [0.05, 0.1) is 5.56 Å². The Morgan fingerprint density at radius 3 is 2.48 bits per heavy atom. The Morgan fingerprint density at radius 1 is 1.11 bits per heavy atom. The van der Waals surface area contributed by atoms with Crippen LogP contribution >= 0.6 is 0 Å². The fourth-order valence-corrected chi connectivity index (χ4v) is 2.91. The van der Waals surface area contributed by atoms with Gasteiger partial charge in [-0.15, -0.1) is 10.2 Å². The van der Waals surface area contributed by atoms with Crippen LogP contribution in [0.5, 0.6) is 5.75 Å². The molecule has 27 heavy (non-hydrogen) atoms. The molecule has 0 radical (unpaired) electrons. The summed E-state index contributed by atoms with van der Waals surface area (Å²) in [5.41, 5.74) is 7.03. The van der Waals surface area contributed by atoms with Crippen LogP contribution in [-0.2, 0) is 0 Å². The van der Waals surface area contributed by atoms with Gasteiger partial charge in [-0.3, -0.25) is 4.79 Å². The Balaban J connectivity index is 1.99.